The molecule has 0 bridgehead atoms. The lowest BCUT2D eigenvalue weighted by Crippen LogP contribution is -2.09. The van der Waals surface area contributed by atoms with Gasteiger partial charge in [0.1, 0.15) is 17.3 Å². The van der Waals surface area contributed by atoms with Crippen molar-refractivity contribution in [3.05, 3.63) is 102 Å². The number of hydrogen-bond donors (Lipinski definition) is 0. The molecule has 38 heavy (non-hydrogen) atoms. The summed E-state index contributed by atoms with van der Waals surface area (Å²) in [4.78, 5) is 5.08. The summed E-state index contributed by atoms with van der Waals surface area (Å²) >= 11 is 0. The first-order chi connectivity index (χ1) is 18.6. The summed E-state index contributed by atoms with van der Waals surface area (Å²) in [7, 11) is 1.71. The minimum absolute atomic E-state index is 0.175. The van der Waals surface area contributed by atoms with E-state index in [2.05, 4.69) is 104 Å². The molecule has 0 amide bonds. The van der Waals surface area contributed by atoms with Gasteiger partial charge in [-0.1, -0.05) is 69.3 Å². The van der Waals surface area contributed by atoms with Crippen LogP contribution in [0.4, 0.5) is 0 Å². The lowest BCUT2D eigenvalue weighted by molar-refractivity contribution is 0.303. The Morgan fingerprint density at radius 2 is 1.50 bits per heavy atom. The smallest absolute Gasteiger partial charge is 0.119 e. The Kier molecular flexibility index (Phi) is 7.97. The van der Waals surface area contributed by atoms with Crippen LogP contribution in [0.3, 0.4) is 0 Å². The van der Waals surface area contributed by atoms with Crippen LogP contribution < -0.4 is 9.47 Å². The third-order valence-corrected chi connectivity index (χ3v) is 7.75. The van der Waals surface area contributed by atoms with Crippen molar-refractivity contribution in [2.75, 3.05) is 13.7 Å². The van der Waals surface area contributed by atoms with Crippen molar-refractivity contribution in [3.8, 4) is 11.5 Å². The van der Waals surface area contributed by atoms with Gasteiger partial charge in [0.2, 0.25) is 0 Å². The van der Waals surface area contributed by atoms with Crippen molar-refractivity contribution in [1.82, 2.24) is 9.55 Å². The Morgan fingerprint density at radius 3 is 2.29 bits per heavy atom. The van der Waals surface area contributed by atoms with Crippen LogP contribution in [0.5, 0.6) is 11.5 Å². The molecule has 0 aliphatic rings. The van der Waals surface area contributed by atoms with E-state index < -0.39 is 0 Å². The molecule has 4 aromatic carbocycles. The van der Waals surface area contributed by atoms with Gasteiger partial charge in [-0.3, -0.25) is 0 Å². The van der Waals surface area contributed by atoms with Crippen LogP contribution in [-0.4, -0.2) is 23.3 Å². The van der Waals surface area contributed by atoms with Crippen LogP contribution >= 0.6 is 0 Å². The lowest BCUT2D eigenvalue weighted by Gasteiger charge is -2.16. The molecule has 0 N–H and O–H groups in total. The van der Waals surface area contributed by atoms with Crippen molar-refractivity contribution in [2.24, 2.45) is 0 Å². The summed E-state index contributed by atoms with van der Waals surface area (Å²) < 4.78 is 13.8. The maximum atomic E-state index is 6.05. The second-order valence-corrected chi connectivity index (χ2v) is 10.2. The second-order valence-electron chi connectivity index (χ2n) is 10.2. The molecular formula is C34H38N2O2. The predicted octanol–water partition coefficient (Wildman–Crippen LogP) is 8.72. The van der Waals surface area contributed by atoms with E-state index in [9.17, 15) is 0 Å². The van der Waals surface area contributed by atoms with Gasteiger partial charge in [0.05, 0.1) is 24.8 Å². The van der Waals surface area contributed by atoms with Gasteiger partial charge in [0, 0.05) is 12.5 Å². The first-order valence-electron chi connectivity index (χ1n) is 13.8. The summed E-state index contributed by atoms with van der Waals surface area (Å²) in [5.74, 6) is 3.71. The molecule has 1 aromatic heterocycles. The third kappa shape index (κ3) is 5.55. The molecule has 4 nitrogen and oxygen atoms in total. The fourth-order valence-electron chi connectivity index (χ4n) is 5.14. The summed E-state index contributed by atoms with van der Waals surface area (Å²) in [5.41, 5.74) is 4.89. The number of hydrogen-bond acceptors (Lipinski definition) is 3. The molecule has 0 radical (unpaired) electrons. The molecule has 0 saturated heterocycles. The first kappa shape index (κ1) is 25.8. The Labute approximate surface area is 226 Å². The lowest BCUT2D eigenvalue weighted by atomic mass is 9.97. The quantitative estimate of drug-likeness (QED) is 0.168. The number of benzene rings is 4. The van der Waals surface area contributed by atoms with Gasteiger partial charge in [0.15, 0.2) is 0 Å². The van der Waals surface area contributed by atoms with Crippen LogP contribution in [0.2, 0.25) is 0 Å². The number of fused-ring (bicyclic) bond motifs is 2. The molecule has 0 fully saturated rings. The van der Waals surface area contributed by atoms with Crippen LogP contribution in [-0.2, 0) is 6.54 Å². The average molecular weight is 507 g/mol. The van der Waals surface area contributed by atoms with Crippen molar-refractivity contribution in [3.63, 3.8) is 0 Å². The van der Waals surface area contributed by atoms with Crippen LogP contribution in [0.1, 0.15) is 68.8 Å². The van der Waals surface area contributed by atoms with Crippen LogP contribution in [0.25, 0.3) is 21.8 Å². The zero-order valence-electron chi connectivity index (χ0n) is 23.0. The molecule has 2 unspecified atom stereocenters. The summed E-state index contributed by atoms with van der Waals surface area (Å²) in [6.07, 6.45) is 3.17. The summed E-state index contributed by atoms with van der Waals surface area (Å²) in [6, 6.07) is 30.0. The van der Waals surface area contributed by atoms with Gasteiger partial charge < -0.3 is 14.0 Å². The molecule has 196 valence electrons. The van der Waals surface area contributed by atoms with Gasteiger partial charge in [0.25, 0.3) is 0 Å². The average Bonchev–Trinajstić information content (AvgIpc) is 3.34. The normalized spacial score (nSPS) is 13.1. The number of nitrogens with zero attached hydrogens (tertiary/aromatic N) is 2. The highest BCUT2D eigenvalue weighted by Crippen LogP contribution is 2.31. The Hall–Kier alpha value is -3.79. The number of ether oxygens (including phenoxy) is 2. The fraction of sp³-hybridized carbons (Fsp3) is 0.324. The molecule has 4 heteroatoms. The highest BCUT2D eigenvalue weighted by Gasteiger charge is 2.18. The Balaban J connectivity index is 1.28. The van der Waals surface area contributed by atoms with Crippen LogP contribution in [0.15, 0.2) is 84.9 Å². The van der Waals surface area contributed by atoms with Gasteiger partial charge >= 0.3 is 0 Å². The largest absolute Gasteiger partial charge is 0.497 e. The maximum absolute atomic E-state index is 6.05. The van der Waals surface area contributed by atoms with Crippen LogP contribution in [0, 0.1) is 0 Å². The van der Waals surface area contributed by atoms with Crippen molar-refractivity contribution < 1.29 is 9.47 Å². The minimum Gasteiger partial charge on any atom is -0.497 e. The Morgan fingerprint density at radius 1 is 0.789 bits per heavy atom. The van der Waals surface area contributed by atoms with E-state index in [1.54, 1.807) is 7.11 Å². The monoisotopic (exact) mass is 506 g/mol. The number of para-hydroxylation sites is 2. The number of unbranched alkanes of at least 4 members (excludes halogenated alkanes) is 1. The van der Waals surface area contributed by atoms with Gasteiger partial charge in [-0.2, -0.15) is 0 Å². The number of rotatable bonds is 11. The molecule has 1 heterocycles. The molecule has 0 aliphatic carbocycles. The summed E-state index contributed by atoms with van der Waals surface area (Å²) in [6.45, 7) is 8.39. The second kappa shape index (κ2) is 11.7. The van der Waals surface area contributed by atoms with Gasteiger partial charge in [-0.25, -0.2) is 4.98 Å². The molecule has 5 aromatic rings. The predicted molar refractivity (Wildman–Crippen MR) is 158 cm³/mol. The fourth-order valence-corrected chi connectivity index (χ4v) is 5.14. The van der Waals surface area contributed by atoms with E-state index in [-0.39, 0.29) is 5.92 Å². The number of imidazole rings is 1. The van der Waals surface area contributed by atoms with E-state index >= 15 is 0 Å². The maximum Gasteiger partial charge on any atom is 0.119 e. The molecule has 0 aliphatic heterocycles. The minimum atomic E-state index is 0.175. The van der Waals surface area contributed by atoms with E-state index in [1.165, 1.54) is 27.4 Å². The van der Waals surface area contributed by atoms with E-state index in [4.69, 9.17) is 14.5 Å². The van der Waals surface area contributed by atoms with Gasteiger partial charge in [-0.05, 0) is 83.5 Å². The first-order valence-corrected chi connectivity index (χ1v) is 13.8. The third-order valence-electron chi connectivity index (χ3n) is 7.75. The van der Waals surface area contributed by atoms with E-state index in [0.717, 1.165) is 48.6 Å². The number of aromatic nitrogens is 2. The molecule has 5 rings (SSSR count). The zero-order chi connectivity index (χ0) is 26.5. The highest BCUT2D eigenvalue weighted by atomic mass is 16.5. The molecule has 2 atom stereocenters. The molecule has 0 saturated carbocycles. The molecular weight excluding hydrogens is 468 g/mol. The topological polar surface area (TPSA) is 36.3 Å². The van der Waals surface area contributed by atoms with Gasteiger partial charge in [-0.15, -0.1) is 0 Å². The van der Waals surface area contributed by atoms with Crippen molar-refractivity contribution in [1.29, 1.82) is 0 Å². The SMILES string of the molecule is CCC(C)c1ccc(OCCCCn2c(C(C)c3ccc4cc(OC)ccc4c3)nc3ccccc32)cc1. The Bertz CT molecular complexity index is 1500. The van der Waals surface area contributed by atoms with Crippen molar-refractivity contribution in [2.45, 2.75) is 58.4 Å². The van der Waals surface area contributed by atoms with Crippen molar-refractivity contribution >= 4 is 21.8 Å². The van der Waals surface area contributed by atoms with E-state index in [0.29, 0.717) is 12.5 Å². The molecule has 0 spiro atoms. The number of methoxy groups -OCH3 is 1. The highest BCUT2D eigenvalue weighted by molar-refractivity contribution is 5.85. The van der Waals surface area contributed by atoms with E-state index in [1.807, 2.05) is 6.07 Å². The summed E-state index contributed by atoms with van der Waals surface area (Å²) in [5, 5.41) is 2.40. The number of aryl methyl sites for hydroxylation is 1. The zero-order valence-corrected chi connectivity index (χ0v) is 23.0. The standard InChI is InChI=1S/C34H38N2O2/c1-5-24(2)26-14-17-30(18-15-26)38-21-9-8-20-36-33-11-7-6-10-32(33)35-34(36)25(3)27-12-13-29-23-31(37-4)19-16-28(29)22-27/h6-7,10-19,22-25H,5,8-9,20-21H2,1-4H3.